The van der Waals surface area contributed by atoms with Crippen molar-refractivity contribution in [1.29, 1.82) is 0 Å². The molecule has 0 radical (unpaired) electrons. The van der Waals surface area contributed by atoms with E-state index >= 15 is 0 Å². The summed E-state index contributed by atoms with van der Waals surface area (Å²) >= 11 is 0. The zero-order valence-corrected chi connectivity index (χ0v) is 13.1. The zero-order valence-electron chi connectivity index (χ0n) is 13.1. The predicted octanol–water partition coefficient (Wildman–Crippen LogP) is 3.53. The summed E-state index contributed by atoms with van der Waals surface area (Å²) in [6, 6.07) is 9.91. The van der Waals surface area contributed by atoms with Crippen molar-refractivity contribution in [2.24, 2.45) is 5.92 Å². The topological polar surface area (TPSA) is 49.3 Å². The van der Waals surface area contributed by atoms with Crippen LogP contribution in [0.15, 0.2) is 42.5 Å². The molecule has 2 unspecified atom stereocenters. The van der Waals surface area contributed by atoms with Gasteiger partial charge in [0.2, 0.25) is 0 Å². The van der Waals surface area contributed by atoms with Gasteiger partial charge in [-0.3, -0.25) is 4.79 Å². The highest BCUT2D eigenvalue weighted by Crippen LogP contribution is 2.18. The van der Waals surface area contributed by atoms with Gasteiger partial charge in [0, 0.05) is 18.7 Å². The molecule has 0 heterocycles. The zero-order chi connectivity index (χ0) is 17.7. The van der Waals surface area contributed by atoms with E-state index in [9.17, 15) is 23.1 Å². The van der Waals surface area contributed by atoms with E-state index in [2.05, 4.69) is 5.32 Å². The Morgan fingerprint density at radius 3 is 2.33 bits per heavy atom. The van der Waals surface area contributed by atoms with E-state index in [4.69, 9.17) is 0 Å². The molecule has 2 N–H and O–H groups in total. The molecule has 0 bridgehead atoms. The fourth-order valence-electron chi connectivity index (χ4n) is 2.40. The van der Waals surface area contributed by atoms with Crippen LogP contribution in [0.5, 0.6) is 0 Å². The Bertz CT molecular complexity index is 707. The Labute approximate surface area is 138 Å². The van der Waals surface area contributed by atoms with Gasteiger partial charge in [-0.05, 0) is 23.6 Å². The van der Waals surface area contributed by atoms with Crippen LogP contribution in [0, 0.1) is 23.4 Å². The fourth-order valence-corrected chi connectivity index (χ4v) is 2.40. The van der Waals surface area contributed by atoms with Crippen molar-refractivity contribution in [2.75, 3.05) is 0 Å². The number of benzene rings is 2. The third-order valence-electron chi connectivity index (χ3n) is 3.93. The average molecular weight is 337 g/mol. The summed E-state index contributed by atoms with van der Waals surface area (Å²) < 4.78 is 40.2. The summed E-state index contributed by atoms with van der Waals surface area (Å²) in [7, 11) is 0. The molecular weight excluding hydrogens is 319 g/mol. The maximum Gasteiger partial charge on any atom is 0.307 e. The number of carboxylic acid groups (broad SMARTS) is 1. The lowest BCUT2D eigenvalue weighted by atomic mass is 9.94. The molecule has 3 nitrogen and oxygen atoms in total. The van der Waals surface area contributed by atoms with Crippen LogP contribution in [0.2, 0.25) is 0 Å². The van der Waals surface area contributed by atoms with E-state index in [0.717, 1.165) is 11.6 Å². The van der Waals surface area contributed by atoms with Crippen LogP contribution in [0.4, 0.5) is 13.2 Å². The first kappa shape index (κ1) is 18.0. The first-order chi connectivity index (χ1) is 11.4. The third-order valence-corrected chi connectivity index (χ3v) is 3.93. The maximum atomic E-state index is 13.8. The summed E-state index contributed by atoms with van der Waals surface area (Å²) in [6.07, 6.45) is -0.0661. The van der Waals surface area contributed by atoms with Crippen molar-refractivity contribution in [1.82, 2.24) is 5.32 Å². The average Bonchev–Trinajstić information content (AvgIpc) is 2.56. The van der Waals surface area contributed by atoms with Gasteiger partial charge in [0.05, 0.1) is 5.92 Å². The second kappa shape index (κ2) is 7.97. The molecule has 128 valence electrons. The van der Waals surface area contributed by atoms with Crippen LogP contribution in [0.25, 0.3) is 0 Å². The molecular formula is C18H18F3NO2. The number of nitrogens with one attached hydrogen (secondary N) is 1. The predicted molar refractivity (Wildman–Crippen MR) is 83.9 cm³/mol. The molecule has 2 aromatic rings. The number of aliphatic carboxylic acids is 1. The van der Waals surface area contributed by atoms with Crippen molar-refractivity contribution >= 4 is 5.97 Å². The number of hydrogen-bond acceptors (Lipinski definition) is 2. The van der Waals surface area contributed by atoms with Gasteiger partial charge in [-0.2, -0.15) is 0 Å². The first-order valence-corrected chi connectivity index (χ1v) is 7.52. The van der Waals surface area contributed by atoms with E-state index in [1.165, 1.54) is 6.92 Å². The molecule has 6 heteroatoms. The van der Waals surface area contributed by atoms with Gasteiger partial charge in [0.25, 0.3) is 0 Å². The minimum absolute atomic E-state index is 0.0624. The summed E-state index contributed by atoms with van der Waals surface area (Å²) in [4.78, 5) is 11.3. The van der Waals surface area contributed by atoms with E-state index in [-0.39, 0.29) is 12.0 Å². The van der Waals surface area contributed by atoms with Crippen LogP contribution < -0.4 is 5.32 Å². The third kappa shape index (κ3) is 4.58. The lowest BCUT2D eigenvalue weighted by Crippen LogP contribution is -2.40. The molecule has 0 aliphatic carbocycles. The van der Waals surface area contributed by atoms with Crippen LogP contribution in [0.1, 0.15) is 18.1 Å². The Balaban J connectivity index is 2.17. The van der Waals surface area contributed by atoms with E-state index in [1.54, 1.807) is 0 Å². The lowest BCUT2D eigenvalue weighted by molar-refractivity contribution is -0.142. The Morgan fingerprint density at radius 2 is 1.71 bits per heavy atom. The van der Waals surface area contributed by atoms with Gasteiger partial charge in [0.1, 0.15) is 5.82 Å². The first-order valence-electron chi connectivity index (χ1n) is 7.52. The molecule has 2 rings (SSSR count). The van der Waals surface area contributed by atoms with Crippen molar-refractivity contribution in [2.45, 2.75) is 25.9 Å². The molecule has 0 aromatic heterocycles. The number of halogens is 3. The Morgan fingerprint density at radius 1 is 1.08 bits per heavy atom. The fraction of sp³-hybridized carbons (Fsp3) is 0.278. The standard InChI is InChI=1S/C18H18F3NO2/c1-11(18(23)24)17(22-10-12-5-3-2-4-6-12)8-13-7-15(20)16(21)9-14(13)19/h2-7,9,11,17,22H,8,10H2,1H3,(H,23,24). The van der Waals surface area contributed by atoms with Crippen LogP contribution >= 0.6 is 0 Å². The largest absolute Gasteiger partial charge is 0.481 e. The van der Waals surface area contributed by atoms with Crippen molar-refractivity contribution in [3.05, 3.63) is 71.0 Å². The van der Waals surface area contributed by atoms with Gasteiger partial charge in [-0.1, -0.05) is 37.3 Å². The molecule has 0 saturated carbocycles. The minimum atomic E-state index is -1.27. The number of carboxylic acids is 1. The number of rotatable bonds is 7. The van der Waals surface area contributed by atoms with Gasteiger partial charge < -0.3 is 10.4 Å². The van der Waals surface area contributed by atoms with Crippen molar-refractivity contribution in [3.8, 4) is 0 Å². The van der Waals surface area contributed by atoms with Crippen LogP contribution in [-0.2, 0) is 17.8 Å². The maximum absolute atomic E-state index is 13.8. The molecule has 0 saturated heterocycles. The molecule has 0 spiro atoms. The summed E-state index contributed by atoms with van der Waals surface area (Å²) in [6.45, 7) is 1.87. The summed E-state index contributed by atoms with van der Waals surface area (Å²) in [5.41, 5.74) is 0.874. The van der Waals surface area contributed by atoms with Crippen molar-refractivity contribution < 1.29 is 23.1 Å². The second-order valence-corrected chi connectivity index (χ2v) is 5.66. The number of carbonyl (C=O) groups is 1. The SMILES string of the molecule is CC(C(=O)O)C(Cc1cc(F)c(F)cc1F)NCc1ccccc1. The van der Waals surface area contributed by atoms with Gasteiger partial charge >= 0.3 is 5.97 Å². The Kier molecular flexibility index (Phi) is 5.98. The van der Waals surface area contributed by atoms with Crippen LogP contribution in [-0.4, -0.2) is 17.1 Å². The monoisotopic (exact) mass is 337 g/mol. The quantitative estimate of drug-likeness (QED) is 0.760. The number of hydrogen-bond donors (Lipinski definition) is 2. The van der Waals surface area contributed by atoms with E-state index in [0.29, 0.717) is 12.6 Å². The molecule has 0 aliphatic rings. The highest BCUT2D eigenvalue weighted by atomic mass is 19.2. The molecule has 2 atom stereocenters. The molecule has 0 fully saturated rings. The van der Waals surface area contributed by atoms with Crippen molar-refractivity contribution in [3.63, 3.8) is 0 Å². The molecule has 0 amide bonds. The molecule has 24 heavy (non-hydrogen) atoms. The normalized spacial score (nSPS) is 13.5. The van der Waals surface area contributed by atoms with E-state index < -0.39 is 35.4 Å². The highest BCUT2D eigenvalue weighted by molar-refractivity contribution is 5.70. The Hall–Kier alpha value is -2.34. The van der Waals surface area contributed by atoms with E-state index in [1.807, 2.05) is 30.3 Å². The second-order valence-electron chi connectivity index (χ2n) is 5.66. The minimum Gasteiger partial charge on any atom is -0.481 e. The van der Waals surface area contributed by atoms with Gasteiger partial charge in [-0.25, -0.2) is 13.2 Å². The summed E-state index contributed by atoms with van der Waals surface area (Å²) in [5.74, 6) is -5.20. The van der Waals surface area contributed by atoms with Crippen LogP contribution in [0.3, 0.4) is 0 Å². The summed E-state index contributed by atoms with van der Waals surface area (Å²) in [5, 5.41) is 12.3. The smallest absolute Gasteiger partial charge is 0.307 e. The van der Waals surface area contributed by atoms with Gasteiger partial charge in [-0.15, -0.1) is 0 Å². The lowest BCUT2D eigenvalue weighted by Gasteiger charge is -2.23. The van der Waals surface area contributed by atoms with Gasteiger partial charge in [0.15, 0.2) is 11.6 Å². The highest BCUT2D eigenvalue weighted by Gasteiger charge is 2.25. The molecule has 0 aliphatic heterocycles. The molecule has 2 aromatic carbocycles.